The summed E-state index contributed by atoms with van der Waals surface area (Å²) >= 11 is 2.41. The number of nitrogens with zero attached hydrogens (tertiary/aromatic N) is 5. The number of anilines is 1. The van der Waals surface area contributed by atoms with Crippen molar-refractivity contribution < 1.29 is 9.90 Å². The quantitative estimate of drug-likeness (QED) is 0.498. The lowest BCUT2D eigenvalue weighted by molar-refractivity contribution is -0.113. The molecule has 136 valence electrons. The van der Waals surface area contributed by atoms with Crippen LogP contribution in [0.2, 0.25) is 0 Å². The molecule has 4 rings (SSSR count). The van der Waals surface area contributed by atoms with E-state index in [9.17, 15) is 9.90 Å². The topological polar surface area (TPSA) is 106 Å². The standard InChI is InChI=1S/C17H14N6O2S2/c1-23-16(10-5-7-11(24)8-6-10)19-20-17(23)26-9-14(25)18-12-3-2-4-13-15(12)22-27-21-13/h2-8,24H,9H2,1H3,(H,18,25). The first kappa shape index (κ1) is 17.4. The Labute approximate surface area is 162 Å². The average Bonchev–Trinajstić information content (AvgIpc) is 3.28. The summed E-state index contributed by atoms with van der Waals surface area (Å²) in [6.45, 7) is 0. The third-order valence-electron chi connectivity index (χ3n) is 3.85. The minimum Gasteiger partial charge on any atom is -0.508 e. The smallest absolute Gasteiger partial charge is 0.234 e. The second-order valence-electron chi connectivity index (χ2n) is 5.69. The Morgan fingerprint density at radius 3 is 2.81 bits per heavy atom. The van der Waals surface area contributed by atoms with Gasteiger partial charge >= 0.3 is 0 Å². The Balaban J connectivity index is 1.44. The first-order valence-electron chi connectivity index (χ1n) is 7.94. The minimum absolute atomic E-state index is 0.158. The highest BCUT2D eigenvalue weighted by molar-refractivity contribution is 7.99. The van der Waals surface area contributed by atoms with Crippen molar-refractivity contribution in [3.05, 3.63) is 42.5 Å². The minimum atomic E-state index is -0.158. The van der Waals surface area contributed by atoms with E-state index < -0.39 is 0 Å². The van der Waals surface area contributed by atoms with Crippen LogP contribution in [0.25, 0.3) is 22.4 Å². The van der Waals surface area contributed by atoms with Crippen LogP contribution >= 0.6 is 23.5 Å². The van der Waals surface area contributed by atoms with Gasteiger partial charge in [0.2, 0.25) is 5.91 Å². The zero-order valence-corrected chi connectivity index (χ0v) is 15.8. The number of aromatic hydroxyl groups is 1. The Hall–Kier alpha value is -2.98. The molecule has 2 heterocycles. The number of rotatable bonds is 5. The van der Waals surface area contributed by atoms with Gasteiger partial charge < -0.3 is 15.0 Å². The lowest BCUT2D eigenvalue weighted by Gasteiger charge is -2.06. The van der Waals surface area contributed by atoms with Crippen LogP contribution in [-0.4, -0.2) is 40.3 Å². The van der Waals surface area contributed by atoms with Crippen LogP contribution in [0.5, 0.6) is 5.75 Å². The molecule has 2 aromatic carbocycles. The number of nitrogens with one attached hydrogen (secondary N) is 1. The summed E-state index contributed by atoms with van der Waals surface area (Å²) < 4.78 is 10.2. The number of carbonyl (C=O) groups excluding carboxylic acids is 1. The average molecular weight is 398 g/mol. The van der Waals surface area contributed by atoms with Gasteiger partial charge in [-0.3, -0.25) is 4.79 Å². The van der Waals surface area contributed by atoms with Crippen molar-refractivity contribution in [2.75, 3.05) is 11.1 Å². The van der Waals surface area contributed by atoms with Crippen LogP contribution in [0.15, 0.2) is 47.6 Å². The molecule has 2 aromatic heterocycles. The molecular weight excluding hydrogens is 384 g/mol. The molecule has 0 unspecified atom stereocenters. The van der Waals surface area contributed by atoms with E-state index in [0.717, 1.165) is 22.8 Å². The highest BCUT2D eigenvalue weighted by atomic mass is 32.2. The molecule has 10 heteroatoms. The van der Waals surface area contributed by atoms with Crippen molar-refractivity contribution in [3.63, 3.8) is 0 Å². The molecule has 0 saturated heterocycles. The molecule has 0 spiro atoms. The zero-order chi connectivity index (χ0) is 18.8. The number of thioether (sulfide) groups is 1. The molecule has 0 atom stereocenters. The third kappa shape index (κ3) is 3.62. The molecule has 0 aliphatic rings. The summed E-state index contributed by atoms with van der Waals surface area (Å²) in [4.78, 5) is 12.3. The van der Waals surface area contributed by atoms with Crippen LogP contribution in [0.1, 0.15) is 0 Å². The van der Waals surface area contributed by atoms with E-state index in [1.54, 1.807) is 30.3 Å². The predicted molar refractivity (Wildman–Crippen MR) is 105 cm³/mol. The summed E-state index contributed by atoms with van der Waals surface area (Å²) in [7, 11) is 1.84. The van der Waals surface area contributed by atoms with Crippen molar-refractivity contribution in [3.8, 4) is 17.1 Å². The predicted octanol–water partition coefficient (Wildman–Crippen LogP) is 2.92. The summed E-state index contributed by atoms with van der Waals surface area (Å²) in [6, 6.07) is 12.2. The van der Waals surface area contributed by atoms with Gasteiger partial charge in [-0.1, -0.05) is 17.8 Å². The number of phenols is 1. The van der Waals surface area contributed by atoms with Crippen molar-refractivity contribution in [1.82, 2.24) is 23.5 Å². The fourth-order valence-electron chi connectivity index (χ4n) is 2.53. The normalized spacial score (nSPS) is 11.0. The fourth-order valence-corrected chi connectivity index (χ4v) is 3.79. The number of phenolic OH excluding ortho intramolecular Hbond substituents is 1. The van der Waals surface area contributed by atoms with Gasteiger partial charge in [-0.2, -0.15) is 8.75 Å². The summed E-state index contributed by atoms with van der Waals surface area (Å²) in [5, 5.41) is 21.2. The Kier molecular flexibility index (Phi) is 4.73. The Morgan fingerprint density at radius 1 is 1.19 bits per heavy atom. The Morgan fingerprint density at radius 2 is 2.00 bits per heavy atom. The van der Waals surface area contributed by atoms with E-state index in [2.05, 4.69) is 24.3 Å². The van der Waals surface area contributed by atoms with E-state index in [1.807, 2.05) is 23.7 Å². The van der Waals surface area contributed by atoms with E-state index >= 15 is 0 Å². The fraction of sp³-hybridized carbons (Fsp3) is 0.118. The summed E-state index contributed by atoms with van der Waals surface area (Å²) in [5.41, 5.74) is 2.93. The van der Waals surface area contributed by atoms with Crippen molar-refractivity contribution in [1.29, 1.82) is 0 Å². The van der Waals surface area contributed by atoms with Gasteiger partial charge in [0.15, 0.2) is 11.0 Å². The van der Waals surface area contributed by atoms with Gasteiger partial charge in [-0.05, 0) is 36.4 Å². The SMILES string of the molecule is Cn1c(SCC(=O)Nc2cccc3nsnc23)nnc1-c1ccc(O)cc1. The number of carbonyl (C=O) groups is 1. The molecule has 0 saturated carbocycles. The zero-order valence-electron chi connectivity index (χ0n) is 14.2. The highest BCUT2D eigenvalue weighted by Gasteiger charge is 2.14. The van der Waals surface area contributed by atoms with Crippen LogP contribution in [0, 0.1) is 0 Å². The van der Waals surface area contributed by atoms with E-state index in [4.69, 9.17) is 0 Å². The molecule has 0 aliphatic carbocycles. The first-order chi connectivity index (χ1) is 13.1. The van der Waals surface area contributed by atoms with E-state index in [1.165, 1.54) is 11.8 Å². The second-order valence-corrected chi connectivity index (χ2v) is 7.16. The van der Waals surface area contributed by atoms with Gasteiger partial charge in [0, 0.05) is 12.6 Å². The van der Waals surface area contributed by atoms with E-state index in [-0.39, 0.29) is 17.4 Å². The third-order valence-corrected chi connectivity index (χ3v) is 5.42. The molecule has 27 heavy (non-hydrogen) atoms. The molecule has 0 aliphatic heterocycles. The molecule has 0 fully saturated rings. The molecule has 8 nitrogen and oxygen atoms in total. The number of hydrogen-bond donors (Lipinski definition) is 2. The van der Waals surface area contributed by atoms with Crippen LogP contribution in [0.4, 0.5) is 5.69 Å². The number of benzene rings is 2. The number of amides is 1. The maximum atomic E-state index is 12.3. The van der Waals surface area contributed by atoms with Gasteiger partial charge in [-0.15, -0.1) is 10.2 Å². The summed E-state index contributed by atoms with van der Waals surface area (Å²) in [5.74, 6) is 0.888. The lowest BCUT2D eigenvalue weighted by atomic mass is 10.2. The molecular formula is C17H14N6O2S2. The van der Waals surface area contributed by atoms with Crippen LogP contribution < -0.4 is 5.32 Å². The van der Waals surface area contributed by atoms with Crippen LogP contribution in [-0.2, 0) is 11.8 Å². The molecule has 0 bridgehead atoms. The lowest BCUT2D eigenvalue weighted by Crippen LogP contribution is -2.14. The van der Waals surface area contributed by atoms with Crippen molar-refractivity contribution in [2.45, 2.75) is 5.16 Å². The van der Waals surface area contributed by atoms with Gasteiger partial charge in [-0.25, -0.2) is 0 Å². The van der Waals surface area contributed by atoms with E-state index in [0.29, 0.717) is 22.2 Å². The van der Waals surface area contributed by atoms with Crippen molar-refractivity contribution in [2.24, 2.45) is 7.05 Å². The maximum absolute atomic E-state index is 12.3. The molecule has 4 aromatic rings. The number of hydrogen-bond acceptors (Lipinski definition) is 8. The largest absolute Gasteiger partial charge is 0.508 e. The first-order valence-corrected chi connectivity index (χ1v) is 9.66. The molecule has 1 amide bonds. The maximum Gasteiger partial charge on any atom is 0.234 e. The molecule has 2 N–H and O–H groups in total. The number of aromatic nitrogens is 5. The van der Waals surface area contributed by atoms with Crippen LogP contribution in [0.3, 0.4) is 0 Å². The van der Waals surface area contributed by atoms with Gasteiger partial charge in [0.25, 0.3) is 0 Å². The highest BCUT2D eigenvalue weighted by Crippen LogP contribution is 2.25. The van der Waals surface area contributed by atoms with Gasteiger partial charge in [0.1, 0.15) is 16.8 Å². The van der Waals surface area contributed by atoms with Crippen molar-refractivity contribution >= 4 is 46.1 Å². The Bertz CT molecular complexity index is 1110. The second kappa shape index (κ2) is 7.33. The monoisotopic (exact) mass is 398 g/mol. The van der Waals surface area contributed by atoms with Gasteiger partial charge in [0.05, 0.1) is 23.2 Å². The molecule has 0 radical (unpaired) electrons. The number of fused-ring (bicyclic) bond motifs is 1. The summed E-state index contributed by atoms with van der Waals surface area (Å²) in [6.07, 6.45) is 0.